The number of hydrogen-bond acceptors (Lipinski definition) is 1. The van der Waals surface area contributed by atoms with E-state index in [1.165, 1.54) is 0 Å². The summed E-state index contributed by atoms with van der Waals surface area (Å²) in [5.74, 6) is -0.157. The molecule has 0 unspecified atom stereocenters. The fourth-order valence-corrected chi connectivity index (χ4v) is 3.01. The third-order valence-corrected chi connectivity index (χ3v) is 3.51. The SMILES string of the molecule is Fc1c(I)cc(-c2ccccn2)cc1I. The maximum Gasteiger partial charge on any atom is 0.149 e. The summed E-state index contributed by atoms with van der Waals surface area (Å²) >= 11 is 3.99. The monoisotopic (exact) mass is 425 g/mol. The molecule has 2 aromatic rings. The van der Waals surface area contributed by atoms with Crippen LogP contribution in [-0.4, -0.2) is 4.98 Å². The average molecular weight is 425 g/mol. The predicted molar refractivity (Wildman–Crippen MR) is 75.1 cm³/mol. The first kappa shape index (κ1) is 11.3. The van der Waals surface area contributed by atoms with Crippen molar-refractivity contribution in [2.75, 3.05) is 0 Å². The van der Waals surface area contributed by atoms with Crippen LogP contribution in [-0.2, 0) is 0 Å². The third kappa shape index (κ3) is 2.47. The molecule has 0 fully saturated rings. The lowest BCUT2D eigenvalue weighted by atomic mass is 10.1. The Morgan fingerprint density at radius 2 is 1.73 bits per heavy atom. The highest BCUT2D eigenvalue weighted by Crippen LogP contribution is 2.25. The fraction of sp³-hybridized carbons (Fsp3) is 0. The highest BCUT2D eigenvalue weighted by atomic mass is 127. The van der Waals surface area contributed by atoms with Crippen LogP contribution in [0.3, 0.4) is 0 Å². The lowest BCUT2D eigenvalue weighted by molar-refractivity contribution is 0.613. The van der Waals surface area contributed by atoms with Crippen LogP contribution in [0.5, 0.6) is 0 Å². The van der Waals surface area contributed by atoms with Gasteiger partial charge in [0.2, 0.25) is 0 Å². The van der Waals surface area contributed by atoms with Gasteiger partial charge in [0.25, 0.3) is 0 Å². The molecule has 1 nitrogen and oxygen atoms in total. The van der Waals surface area contributed by atoms with Gasteiger partial charge in [0.15, 0.2) is 0 Å². The Morgan fingerprint density at radius 1 is 1.07 bits per heavy atom. The summed E-state index contributed by atoms with van der Waals surface area (Å²) < 4.78 is 14.6. The summed E-state index contributed by atoms with van der Waals surface area (Å²) in [6.07, 6.45) is 1.73. The summed E-state index contributed by atoms with van der Waals surface area (Å²) in [5, 5.41) is 0. The van der Waals surface area contributed by atoms with Gasteiger partial charge in [-0.3, -0.25) is 4.98 Å². The van der Waals surface area contributed by atoms with Crippen LogP contribution < -0.4 is 0 Å². The number of hydrogen-bond donors (Lipinski definition) is 0. The number of nitrogens with zero attached hydrogens (tertiary/aromatic N) is 1. The Hall–Kier alpha value is -0.240. The van der Waals surface area contributed by atoms with E-state index in [0.717, 1.165) is 11.3 Å². The molecule has 0 aliphatic heterocycles. The van der Waals surface area contributed by atoms with E-state index in [2.05, 4.69) is 4.98 Å². The van der Waals surface area contributed by atoms with Gasteiger partial charge >= 0.3 is 0 Å². The third-order valence-electron chi connectivity index (χ3n) is 1.94. The second-order valence-corrected chi connectivity index (χ2v) is 5.29. The number of rotatable bonds is 1. The highest BCUT2D eigenvalue weighted by molar-refractivity contribution is 14.1. The molecule has 0 aliphatic carbocycles. The van der Waals surface area contributed by atoms with E-state index in [0.29, 0.717) is 7.14 Å². The van der Waals surface area contributed by atoms with Crippen molar-refractivity contribution >= 4 is 45.2 Å². The molecular weight excluding hydrogens is 419 g/mol. The van der Waals surface area contributed by atoms with Gasteiger partial charge in [0.1, 0.15) is 5.82 Å². The van der Waals surface area contributed by atoms with Crippen molar-refractivity contribution in [3.05, 3.63) is 49.5 Å². The Kier molecular flexibility index (Phi) is 3.55. The first-order valence-electron chi connectivity index (χ1n) is 4.24. The maximum atomic E-state index is 13.4. The molecule has 1 aromatic carbocycles. The van der Waals surface area contributed by atoms with E-state index in [4.69, 9.17) is 0 Å². The van der Waals surface area contributed by atoms with Crippen LogP contribution in [0.2, 0.25) is 0 Å². The molecule has 0 atom stereocenters. The molecule has 0 radical (unpaired) electrons. The minimum Gasteiger partial charge on any atom is -0.256 e. The average Bonchev–Trinajstić information content (AvgIpc) is 2.26. The van der Waals surface area contributed by atoms with Gasteiger partial charge in [-0.2, -0.15) is 0 Å². The van der Waals surface area contributed by atoms with E-state index < -0.39 is 0 Å². The zero-order valence-corrected chi connectivity index (χ0v) is 11.9. The largest absolute Gasteiger partial charge is 0.256 e. The van der Waals surface area contributed by atoms with Crippen molar-refractivity contribution in [1.29, 1.82) is 0 Å². The highest BCUT2D eigenvalue weighted by Gasteiger charge is 2.08. The quantitative estimate of drug-likeness (QED) is 0.496. The Morgan fingerprint density at radius 3 is 2.27 bits per heavy atom. The van der Waals surface area contributed by atoms with Gasteiger partial charge in [0, 0.05) is 11.8 Å². The number of pyridine rings is 1. The summed E-state index contributed by atoms with van der Waals surface area (Å²) in [6, 6.07) is 9.31. The standard InChI is InChI=1S/C11H6FI2N/c12-11-8(13)5-7(6-9(11)14)10-3-1-2-4-15-10/h1-6H. The summed E-state index contributed by atoms with van der Waals surface area (Å²) in [7, 11) is 0. The molecule has 0 amide bonds. The van der Waals surface area contributed by atoms with Crippen molar-refractivity contribution in [2.24, 2.45) is 0 Å². The predicted octanol–water partition coefficient (Wildman–Crippen LogP) is 4.10. The molecule has 76 valence electrons. The van der Waals surface area contributed by atoms with Gasteiger partial charge in [-0.15, -0.1) is 0 Å². The van der Waals surface area contributed by atoms with Crippen LogP contribution in [0.25, 0.3) is 11.3 Å². The van der Waals surface area contributed by atoms with E-state index in [1.54, 1.807) is 18.3 Å². The van der Waals surface area contributed by atoms with Crippen LogP contribution in [0.15, 0.2) is 36.5 Å². The zero-order chi connectivity index (χ0) is 10.8. The lowest BCUT2D eigenvalue weighted by Crippen LogP contribution is -1.90. The molecule has 2 rings (SSSR count). The first-order chi connectivity index (χ1) is 7.18. The molecule has 0 saturated carbocycles. The summed E-state index contributed by atoms with van der Waals surface area (Å²) in [6.45, 7) is 0. The van der Waals surface area contributed by atoms with Crippen LogP contribution >= 0.6 is 45.2 Å². The van der Waals surface area contributed by atoms with E-state index in [9.17, 15) is 4.39 Å². The minimum atomic E-state index is -0.157. The van der Waals surface area contributed by atoms with Crippen molar-refractivity contribution in [2.45, 2.75) is 0 Å². The molecular formula is C11H6FI2N. The van der Waals surface area contributed by atoms with E-state index in [1.807, 2.05) is 63.4 Å². The molecule has 0 saturated heterocycles. The summed E-state index contributed by atoms with van der Waals surface area (Å²) in [5.41, 5.74) is 1.82. The first-order valence-corrected chi connectivity index (χ1v) is 6.40. The van der Waals surface area contributed by atoms with Crippen LogP contribution in [0.1, 0.15) is 0 Å². The maximum absolute atomic E-state index is 13.4. The molecule has 0 bridgehead atoms. The summed E-state index contributed by atoms with van der Waals surface area (Å²) in [4.78, 5) is 4.23. The molecule has 1 aromatic heterocycles. The second kappa shape index (κ2) is 4.73. The topological polar surface area (TPSA) is 12.9 Å². The zero-order valence-electron chi connectivity index (χ0n) is 7.55. The number of halogens is 3. The number of benzene rings is 1. The van der Waals surface area contributed by atoms with E-state index >= 15 is 0 Å². The molecule has 0 N–H and O–H groups in total. The lowest BCUT2D eigenvalue weighted by Gasteiger charge is -2.04. The van der Waals surface area contributed by atoms with Gasteiger partial charge in [-0.25, -0.2) is 4.39 Å². The van der Waals surface area contributed by atoms with E-state index in [-0.39, 0.29) is 5.82 Å². The Labute approximate surface area is 114 Å². The fourth-order valence-electron chi connectivity index (χ4n) is 1.24. The normalized spacial score (nSPS) is 10.3. The van der Waals surface area contributed by atoms with Crippen LogP contribution in [0, 0.1) is 13.0 Å². The van der Waals surface area contributed by atoms with Gasteiger partial charge in [-0.1, -0.05) is 6.07 Å². The van der Waals surface area contributed by atoms with Gasteiger partial charge < -0.3 is 0 Å². The molecule has 15 heavy (non-hydrogen) atoms. The molecule has 0 aliphatic rings. The van der Waals surface area contributed by atoms with Crippen molar-refractivity contribution < 1.29 is 4.39 Å². The van der Waals surface area contributed by atoms with Crippen molar-refractivity contribution in [3.8, 4) is 11.3 Å². The van der Waals surface area contributed by atoms with Crippen molar-refractivity contribution in [3.63, 3.8) is 0 Å². The van der Waals surface area contributed by atoms with Gasteiger partial charge in [0.05, 0.1) is 12.8 Å². The minimum absolute atomic E-state index is 0.157. The smallest absolute Gasteiger partial charge is 0.149 e. The Bertz CT molecular complexity index is 462. The van der Waals surface area contributed by atoms with Gasteiger partial charge in [-0.05, 0) is 69.4 Å². The molecule has 4 heteroatoms. The number of aromatic nitrogens is 1. The van der Waals surface area contributed by atoms with Crippen molar-refractivity contribution in [1.82, 2.24) is 4.98 Å². The second-order valence-electron chi connectivity index (χ2n) is 2.97. The Balaban J connectivity index is 2.56. The molecule has 1 heterocycles. The molecule has 0 spiro atoms. The van der Waals surface area contributed by atoms with Crippen LogP contribution in [0.4, 0.5) is 4.39 Å².